The standard InChI is InChI=1S/C31H35N5OS/c1-2-35-14-16-36(17-15-35)27-12-10-26(11-13-27)34-31-30-29(32-21-33-31)25(20-38-30)9-8-22-4-3-5-24(18-22)28(37)19-23-6-7-23/h3-5,10-13,18,20-21,23H,2,6-9,14-17,19H2,1H3,(H,32,33,34). The Bertz CT molecular complexity index is 1400. The average Bonchev–Trinajstić information content (AvgIpc) is 3.68. The lowest BCUT2D eigenvalue weighted by Gasteiger charge is -2.35. The van der Waals surface area contributed by atoms with Crippen LogP contribution in [0.1, 0.15) is 47.7 Å². The number of carbonyl (C=O) groups is 1. The second kappa shape index (κ2) is 11.2. The molecule has 6 rings (SSSR count). The first-order chi connectivity index (χ1) is 18.7. The quantitative estimate of drug-likeness (QED) is 0.244. The van der Waals surface area contributed by atoms with Gasteiger partial charge in [-0.3, -0.25) is 4.79 Å². The lowest BCUT2D eigenvalue weighted by atomic mass is 10.00. The maximum Gasteiger partial charge on any atom is 0.163 e. The van der Waals surface area contributed by atoms with Crippen LogP contribution in [0.5, 0.6) is 0 Å². The average molecular weight is 526 g/mol. The minimum atomic E-state index is 0.283. The van der Waals surface area contributed by atoms with Crippen LogP contribution in [0.2, 0.25) is 0 Å². The number of rotatable bonds is 10. The molecule has 0 atom stereocenters. The lowest BCUT2D eigenvalue weighted by molar-refractivity contribution is 0.0976. The summed E-state index contributed by atoms with van der Waals surface area (Å²) in [6.45, 7) is 7.76. The van der Waals surface area contributed by atoms with Gasteiger partial charge in [-0.2, -0.15) is 0 Å². The van der Waals surface area contributed by atoms with Crippen molar-refractivity contribution in [1.29, 1.82) is 0 Å². The third-order valence-corrected chi connectivity index (χ3v) is 8.87. The number of nitrogens with zero attached hydrogens (tertiary/aromatic N) is 4. The van der Waals surface area contributed by atoms with E-state index >= 15 is 0 Å². The molecular formula is C31H35N5OS. The fourth-order valence-corrected chi connectivity index (χ4v) is 6.26. The molecule has 6 nitrogen and oxygen atoms in total. The van der Waals surface area contributed by atoms with Gasteiger partial charge in [0.15, 0.2) is 11.6 Å². The van der Waals surface area contributed by atoms with Gasteiger partial charge in [0.1, 0.15) is 6.33 Å². The minimum absolute atomic E-state index is 0.283. The molecule has 38 heavy (non-hydrogen) atoms. The van der Waals surface area contributed by atoms with Crippen LogP contribution >= 0.6 is 11.3 Å². The van der Waals surface area contributed by atoms with Gasteiger partial charge < -0.3 is 15.1 Å². The van der Waals surface area contributed by atoms with Gasteiger partial charge in [-0.1, -0.05) is 25.1 Å². The number of hydrogen-bond donors (Lipinski definition) is 1. The highest BCUT2D eigenvalue weighted by atomic mass is 32.1. The molecule has 1 aliphatic carbocycles. The number of fused-ring (bicyclic) bond motifs is 1. The van der Waals surface area contributed by atoms with E-state index in [9.17, 15) is 4.79 Å². The van der Waals surface area contributed by atoms with Crippen molar-refractivity contribution < 1.29 is 4.79 Å². The summed E-state index contributed by atoms with van der Waals surface area (Å²) in [6.07, 6.45) is 6.53. The summed E-state index contributed by atoms with van der Waals surface area (Å²) in [5.41, 5.74) is 6.60. The molecule has 2 fully saturated rings. The smallest absolute Gasteiger partial charge is 0.163 e. The molecule has 2 aliphatic rings. The summed E-state index contributed by atoms with van der Waals surface area (Å²) >= 11 is 1.69. The van der Waals surface area contributed by atoms with Crippen molar-refractivity contribution in [3.8, 4) is 0 Å². The zero-order valence-corrected chi connectivity index (χ0v) is 22.8. The van der Waals surface area contributed by atoms with Gasteiger partial charge in [0.25, 0.3) is 0 Å². The number of aromatic nitrogens is 2. The van der Waals surface area contributed by atoms with Crippen LogP contribution in [0.25, 0.3) is 10.2 Å². The van der Waals surface area contributed by atoms with Gasteiger partial charge in [0.2, 0.25) is 0 Å². The predicted molar refractivity (Wildman–Crippen MR) is 157 cm³/mol. The van der Waals surface area contributed by atoms with Gasteiger partial charge >= 0.3 is 0 Å². The fraction of sp³-hybridized carbons (Fsp3) is 0.387. The highest BCUT2D eigenvalue weighted by molar-refractivity contribution is 7.18. The van der Waals surface area contributed by atoms with Crippen LogP contribution in [0.15, 0.2) is 60.2 Å². The molecule has 2 aromatic carbocycles. The van der Waals surface area contributed by atoms with E-state index in [0.717, 1.165) is 72.9 Å². The molecular weight excluding hydrogens is 490 g/mol. The molecule has 1 N–H and O–H groups in total. The van der Waals surface area contributed by atoms with Crippen LogP contribution in [0.4, 0.5) is 17.2 Å². The number of aryl methyl sites for hydroxylation is 2. The number of carbonyl (C=O) groups excluding carboxylic acids is 1. The number of likely N-dealkylation sites (N-methyl/N-ethyl adjacent to an activating group) is 1. The predicted octanol–water partition coefficient (Wildman–Crippen LogP) is 6.34. The summed E-state index contributed by atoms with van der Waals surface area (Å²) in [5, 5.41) is 5.72. The first-order valence-corrected chi connectivity index (χ1v) is 14.7. The Morgan fingerprint density at radius 3 is 2.61 bits per heavy atom. The van der Waals surface area contributed by atoms with E-state index in [0.29, 0.717) is 12.3 Å². The van der Waals surface area contributed by atoms with E-state index in [1.807, 2.05) is 12.1 Å². The summed E-state index contributed by atoms with van der Waals surface area (Å²) in [4.78, 5) is 26.7. The molecule has 0 bridgehead atoms. The summed E-state index contributed by atoms with van der Waals surface area (Å²) in [6, 6.07) is 16.9. The molecule has 0 radical (unpaired) electrons. The maximum atomic E-state index is 12.5. The van der Waals surface area contributed by atoms with Gasteiger partial charge in [-0.05, 0) is 85.0 Å². The molecule has 7 heteroatoms. The van der Waals surface area contributed by atoms with Crippen molar-refractivity contribution in [1.82, 2.24) is 14.9 Å². The van der Waals surface area contributed by atoms with Crippen LogP contribution < -0.4 is 10.2 Å². The third kappa shape index (κ3) is 5.74. The van der Waals surface area contributed by atoms with Gasteiger partial charge in [0, 0.05) is 49.5 Å². The number of hydrogen-bond acceptors (Lipinski definition) is 7. The van der Waals surface area contributed by atoms with Crippen molar-refractivity contribution >= 4 is 44.5 Å². The molecule has 0 amide bonds. The Kier molecular flexibility index (Phi) is 7.38. The Morgan fingerprint density at radius 2 is 1.84 bits per heavy atom. The first-order valence-electron chi connectivity index (χ1n) is 13.8. The van der Waals surface area contributed by atoms with Crippen molar-refractivity contribution in [2.24, 2.45) is 5.92 Å². The number of anilines is 3. The number of nitrogens with one attached hydrogen (secondary N) is 1. The summed E-state index contributed by atoms with van der Waals surface area (Å²) < 4.78 is 1.08. The van der Waals surface area contributed by atoms with E-state index in [2.05, 4.69) is 73.8 Å². The molecule has 3 heterocycles. The maximum absolute atomic E-state index is 12.5. The van der Waals surface area contributed by atoms with Crippen molar-refractivity contribution in [2.75, 3.05) is 42.9 Å². The topological polar surface area (TPSA) is 61.4 Å². The monoisotopic (exact) mass is 525 g/mol. The number of piperazine rings is 1. The van der Waals surface area contributed by atoms with Crippen molar-refractivity contribution in [2.45, 2.75) is 39.0 Å². The van der Waals surface area contributed by atoms with Gasteiger partial charge in [-0.15, -0.1) is 11.3 Å². The van der Waals surface area contributed by atoms with E-state index in [1.54, 1.807) is 17.7 Å². The second-order valence-corrected chi connectivity index (χ2v) is 11.4. The molecule has 0 unspecified atom stereocenters. The fourth-order valence-electron chi connectivity index (χ4n) is 5.26. The van der Waals surface area contributed by atoms with Crippen LogP contribution in [0, 0.1) is 5.92 Å². The van der Waals surface area contributed by atoms with E-state index in [4.69, 9.17) is 0 Å². The van der Waals surface area contributed by atoms with E-state index < -0.39 is 0 Å². The zero-order valence-electron chi connectivity index (χ0n) is 22.0. The van der Waals surface area contributed by atoms with Crippen LogP contribution in [-0.4, -0.2) is 53.4 Å². The highest BCUT2D eigenvalue weighted by Gasteiger charge is 2.25. The lowest BCUT2D eigenvalue weighted by Crippen LogP contribution is -2.46. The van der Waals surface area contributed by atoms with Crippen LogP contribution in [0.3, 0.4) is 0 Å². The van der Waals surface area contributed by atoms with Crippen LogP contribution in [-0.2, 0) is 12.8 Å². The zero-order chi connectivity index (χ0) is 25.9. The minimum Gasteiger partial charge on any atom is -0.369 e. The Balaban J connectivity index is 1.11. The molecule has 1 saturated carbocycles. The largest absolute Gasteiger partial charge is 0.369 e. The van der Waals surface area contributed by atoms with Crippen molar-refractivity contribution in [3.05, 3.63) is 76.9 Å². The summed E-state index contributed by atoms with van der Waals surface area (Å²) in [5.74, 6) is 1.75. The van der Waals surface area contributed by atoms with Crippen molar-refractivity contribution in [3.63, 3.8) is 0 Å². The summed E-state index contributed by atoms with van der Waals surface area (Å²) in [7, 11) is 0. The molecule has 196 valence electrons. The molecule has 1 saturated heterocycles. The third-order valence-electron chi connectivity index (χ3n) is 7.84. The number of Topliss-reactive ketones (excluding diaryl/α,β-unsaturated/α-hetero) is 1. The number of benzene rings is 2. The SMILES string of the molecule is CCN1CCN(c2ccc(Nc3ncnc4c(CCc5cccc(C(=O)CC6CC6)c5)csc34)cc2)CC1. The Labute approximate surface area is 228 Å². The molecule has 1 aliphatic heterocycles. The van der Waals surface area contributed by atoms with Gasteiger partial charge in [-0.25, -0.2) is 9.97 Å². The second-order valence-electron chi connectivity index (χ2n) is 10.5. The normalized spacial score (nSPS) is 16.2. The van der Waals surface area contributed by atoms with Gasteiger partial charge in [0.05, 0.1) is 10.2 Å². The Hall–Kier alpha value is -3.29. The Morgan fingerprint density at radius 1 is 1.03 bits per heavy atom. The molecule has 2 aromatic heterocycles. The van der Waals surface area contributed by atoms with E-state index in [1.165, 1.54) is 29.7 Å². The molecule has 0 spiro atoms. The number of thiophene rings is 1. The van der Waals surface area contributed by atoms with E-state index in [-0.39, 0.29) is 5.78 Å². The highest BCUT2D eigenvalue weighted by Crippen LogP contribution is 2.34. The first kappa shape index (κ1) is 25.0. The number of ketones is 1. The molecule has 4 aromatic rings.